The van der Waals surface area contributed by atoms with Gasteiger partial charge in [-0.3, -0.25) is 4.79 Å². The minimum atomic E-state index is -1.23. The van der Waals surface area contributed by atoms with Crippen molar-refractivity contribution in [1.29, 1.82) is 0 Å². The van der Waals surface area contributed by atoms with E-state index in [4.69, 9.17) is 0 Å². The molecule has 0 saturated carbocycles. The molecule has 1 aromatic heterocycles. The first kappa shape index (κ1) is 14.6. The van der Waals surface area contributed by atoms with E-state index in [-0.39, 0.29) is 12.1 Å². The lowest BCUT2D eigenvalue weighted by Gasteiger charge is -2.12. The van der Waals surface area contributed by atoms with Crippen LogP contribution in [0.3, 0.4) is 0 Å². The second-order valence-corrected chi connectivity index (χ2v) is 4.55. The van der Waals surface area contributed by atoms with Crippen LogP contribution in [0, 0.1) is 15.9 Å². The second-order valence-electron chi connectivity index (χ2n) is 4.55. The van der Waals surface area contributed by atoms with Crippen LogP contribution in [0.2, 0.25) is 0 Å². The van der Waals surface area contributed by atoms with Crippen LogP contribution in [0.25, 0.3) is 0 Å². The van der Waals surface area contributed by atoms with Gasteiger partial charge in [0.05, 0.1) is 0 Å². The summed E-state index contributed by atoms with van der Waals surface area (Å²) in [6, 6.07) is 5.48. The Hall–Kier alpha value is -2.77. The lowest BCUT2D eigenvalue weighted by molar-refractivity contribution is -0.390. The third-order valence-corrected chi connectivity index (χ3v) is 3.09. The van der Waals surface area contributed by atoms with E-state index in [1.54, 1.807) is 6.07 Å². The summed E-state index contributed by atoms with van der Waals surface area (Å²) in [7, 11) is 1.48. The zero-order valence-electron chi connectivity index (χ0n) is 11.1. The third-order valence-electron chi connectivity index (χ3n) is 3.09. The van der Waals surface area contributed by atoms with Crippen LogP contribution in [-0.2, 0) is 18.3 Å². The molecule has 0 aliphatic carbocycles. The number of aliphatic carboxylic acids is 1. The molecule has 0 aliphatic heterocycles. The Morgan fingerprint density at radius 1 is 1.57 bits per heavy atom. The van der Waals surface area contributed by atoms with E-state index < -0.39 is 28.4 Å². The summed E-state index contributed by atoms with van der Waals surface area (Å²) in [6.45, 7) is 0. The van der Waals surface area contributed by atoms with E-state index in [1.165, 1.54) is 36.1 Å². The minimum Gasteiger partial charge on any atom is -0.481 e. The molecule has 0 aliphatic rings. The predicted octanol–water partition coefficient (Wildman–Crippen LogP) is 1.88. The first-order chi connectivity index (χ1) is 9.90. The molecule has 1 atom stereocenters. The number of carboxylic acids is 1. The summed E-state index contributed by atoms with van der Waals surface area (Å²) in [6.07, 6.45) is 1.13. The van der Waals surface area contributed by atoms with Gasteiger partial charge in [0, 0.05) is 7.05 Å². The fraction of sp³-hybridized carbons (Fsp3) is 0.231. The Bertz CT molecular complexity index is 698. The number of hydrogen-bond acceptors (Lipinski definition) is 4. The normalized spacial score (nSPS) is 12.1. The van der Waals surface area contributed by atoms with Gasteiger partial charge in [0.25, 0.3) is 0 Å². The van der Waals surface area contributed by atoms with Crippen molar-refractivity contribution < 1.29 is 19.2 Å². The summed E-state index contributed by atoms with van der Waals surface area (Å²) in [5.74, 6) is -3.40. The first-order valence-corrected chi connectivity index (χ1v) is 6.03. The quantitative estimate of drug-likeness (QED) is 0.670. The monoisotopic (exact) mass is 293 g/mol. The Morgan fingerprint density at radius 3 is 2.86 bits per heavy atom. The van der Waals surface area contributed by atoms with Crippen molar-refractivity contribution >= 4 is 11.8 Å². The predicted molar refractivity (Wildman–Crippen MR) is 70.3 cm³/mol. The van der Waals surface area contributed by atoms with Crippen LogP contribution in [0.5, 0.6) is 0 Å². The van der Waals surface area contributed by atoms with Crippen molar-refractivity contribution in [3.63, 3.8) is 0 Å². The minimum absolute atomic E-state index is 0.0169. The summed E-state index contributed by atoms with van der Waals surface area (Å²) < 4.78 is 14.5. The number of rotatable bonds is 5. The number of aromatic nitrogens is 2. The lowest BCUT2D eigenvalue weighted by Crippen LogP contribution is -2.18. The van der Waals surface area contributed by atoms with Gasteiger partial charge < -0.3 is 19.8 Å². The van der Waals surface area contributed by atoms with Gasteiger partial charge in [-0.2, -0.15) is 0 Å². The molecule has 2 rings (SSSR count). The van der Waals surface area contributed by atoms with Gasteiger partial charge in [0.1, 0.15) is 17.4 Å². The molecule has 0 radical (unpaired) electrons. The molecule has 0 spiro atoms. The number of imidazole rings is 1. The fourth-order valence-corrected chi connectivity index (χ4v) is 2.17. The molecule has 0 saturated heterocycles. The number of nitrogens with zero attached hydrogens (tertiary/aromatic N) is 3. The topological polar surface area (TPSA) is 98.3 Å². The average molecular weight is 293 g/mol. The van der Waals surface area contributed by atoms with Gasteiger partial charge in [0.2, 0.25) is 6.33 Å². The van der Waals surface area contributed by atoms with Crippen LogP contribution >= 0.6 is 0 Å². The van der Waals surface area contributed by atoms with Crippen molar-refractivity contribution in [1.82, 2.24) is 9.55 Å². The maximum Gasteiger partial charge on any atom is 0.385 e. The van der Waals surface area contributed by atoms with Gasteiger partial charge in [-0.05, 0) is 34.0 Å². The number of carboxylic acid groups (broad SMARTS) is 1. The second kappa shape index (κ2) is 5.70. The molecule has 2 aromatic rings. The molecule has 1 aromatic carbocycles. The van der Waals surface area contributed by atoms with Crippen LogP contribution in [0.4, 0.5) is 10.2 Å². The Morgan fingerprint density at radius 2 is 2.29 bits per heavy atom. The van der Waals surface area contributed by atoms with E-state index in [9.17, 15) is 24.4 Å². The molecule has 7 nitrogen and oxygen atoms in total. The number of hydrogen-bond donors (Lipinski definition) is 1. The molecule has 0 fully saturated rings. The van der Waals surface area contributed by atoms with Crippen molar-refractivity contribution in [2.75, 3.05) is 0 Å². The van der Waals surface area contributed by atoms with Crippen molar-refractivity contribution in [3.8, 4) is 0 Å². The molecular formula is C13H12FN3O4. The fourth-order valence-electron chi connectivity index (χ4n) is 2.17. The summed E-state index contributed by atoms with van der Waals surface area (Å²) >= 11 is 0. The molecular weight excluding hydrogens is 281 g/mol. The van der Waals surface area contributed by atoms with E-state index in [1.807, 2.05) is 0 Å². The highest BCUT2D eigenvalue weighted by Crippen LogP contribution is 2.28. The summed E-state index contributed by atoms with van der Waals surface area (Å²) in [5, 5.41) is 20.3. The molecule has 21 heavy (non-hydrogen) atoms. The maximum absolute atomic E-state index is 13.2. The molecule has 1 heterocycles. The lowest BCUT2D eigenvalue weighted by atomic mass is 9.96. The Kier molecular flexibility index (Phi) is 3.97. The van der Waals surface area contributed by atoms with Gasteiger partial charge in [-0.15, -0.1) is 0 Å². The van der Waals surface area contributed by atoms with Crippen molar-refractivity contribution in [3.05, 3.63) is 57.8 Å². The van der Waals surface area contributed by atoms with E-state index in [2.05, 4.69) is 4.98 Å². The van der Waals surface area contributed by atoms with E-state index in [0.717, 1.165) is 0 Å². The average Bonchev–Trinajstić information content (AvgIpc) is 2.77. The smallest absolute Gasteiger partial charge is 0.385 e. The SMILES string of the molecule is Cn1cnc([N+](=O)[O-])c1C(Cc1cccc(F)c1)C(=O)O. The number of nitro groups is 1. The standard InChI is InChI=1S/C13H12FN3O4/c1-16-7-15-12(17(20)21)11(16)10(13(18)19)6-8-3-2-4-9(14)5-8/h2-5,7,10H,6H2,1H3,(H,18,19). The maximum atomic E-state index is 13.2. The highest BCUT2D eigenvalue weighted by Gasteiger charge is 2.32. The summed E-state index contributed by atoms with van der Waals surface area (Å²) in [5.41, 5.74) is 0.426. The number of halogens is 1. The van der Waals surface area contributed by atoms with Crippen LogP contribution in [-0.4, -0.2) is 25.6 Å². The highest BCUT2D eigenvalue weighted by molar-refractivity contribution is 5.77. The zero-order chi connectivity index (χ0) is 15.6. The third kappa shape index (κ3) is 3.04. The van der Waals surface area contributed by atoms with E-state index >= 15 is 0 Å². The van der Waals surface area contributed by atoms with Gasteiger partial charge in [-0.25, -0.2) is 4.39 Å². The molecule has 110 valence electrons. The molecule has 0 amide bonds. The Labute approximate surface area is 118 Å². The molecule has 8 heteroatoms. The van der Waals surface area contributed by atoms with Crippen LogP contribution in [0.15, 0.2) is 30.6 Å². The largest absolute Gasteiger partial charge is 0.481 e. The molecule has 1 unspecified atom stereocenters. The van der Waals surface area contributed by atoms with Gasteiger partial charge >= 0.3 is 11.8 Å². The van der Waals surface area contributed by atoms with Gasteiger partial charge in [0.15, 0.2) is 0 Å². The number of benzene rings is 1. The van der Waals surface area contributed by atoms with E-state index in [0.29, 0.717) is 5.56 Å². The van der Waals surface area contributed by atoms with Gasteiger partial charge in [-0.1, -0.05) is 12.1 Å². The summed E-state index contributed by atoms with van der Waals surface area (Å²) in [4.78, 5) is 25.3. The number of carbonyl (C=O) groups is 1. The Balaban J connectivity index is 2.43. The van der Waals surface area contributed by atoms with Crippen LogP contribution < -0.4 is 0 Å². The number of aryl methyl sites for hydroxylation is 1. The zero-order valence-corrected chi connectivity index (χ0v) is 11.1. The molecule has 0 bridgehead atoms. The first-order valence-electron chi connectivity index (χ1n) is 6.03. The van der Waals surface area contributed by atoms with Crippen molar-refractivity contribution in [2.45, 2.75) is 12.3 Å². The molecule has 1 N–H and O–H groups in total. The highest BCUT2D eigenvalue weighted by atomic mass is 19.1. The van der Waals surface area contributed by atoms with Crippen molar-refractivity contribution in [2.24, 2.45) is 7.05 Å². The van der Waals surface area contributed by atoms with Crippen LogP contribution in [0.1, 0.15) is 17.2 Å².